The topological polar surface area (TPSA) is 36.4 Å². The molecule has 2 heterocycles. The van der Waals surface area contributed by atoms with E-state index in [-0.39, 0.29) is 18.5 Å². The molecule has 4 nitrogen and oxygen atoms in total. The van der Waals surface area contributed by atoms with Crippen LogP contribution in [0.4, 0.5) is 4.48 Å². The first-order chi connectivity index (χ1) is 9.16. The molecule has 19 heavy (non-hydrogen) atoms. The number of amides is 1. The summed E-state index contributed by atoms with van der Waals surface area (Å²) in [4.78, 5) is 16.5. The second-order valence-corrected chi connectivity index (χ2v) is 5.45. The van der Waals surface area contributed by atoms with Crippen molar-refractivity contribution in [2.75, 3.05) is 0 Å². The SMILES string of the molecule is Cc1cnc2c(c1)C(=O)N(N(F)C1CCCCC1)C2. The van der Waals surface area contributed by atoms with Crippen molar-refractivity contribution in [3.8, 4) is 0 Å². The summed E-state index contributed by atoms with van der Waals surface area (Å²) in [6, 6.07) is 1.63. The Morgan fingerprint density at radius 2 is 2.11 bits per heavy atom. The second-order valence-electron chi connectivity index (χ2n) is 5.45. The quantitative estimate of drug-likeness (QED) is 0.770. The number of rotatable bonds is 2. The van der Waals surface area contributed by atoms with Crippen molar-refractivity contribution in [2.24, 2.45) is 0 Å². The van der Waals surface area contributed by atoms with Gasteiger partial charge in [0.1, 0.15) is 0 Å². The Morgan fingerprint density at radius 1 is 1.37 bits per heavy atom. The highest BCUT2D eigenvalue weighted by atomic mass is 19.2. The van der Waals surface area contributed by atoms with Crippen LogP contribution >= 0.6 is 0 Å². The normalized spacial score (nSPS) is 20.2. The lowest BCUT2D eigenvalue weighted by Crippen LogP contribution is -2.44. The molecule has 0 bridgehead atoms. The molecule has 1 saturated carbocycles. The van der Waals surface area contributed by atoms with Crippen molar-refractivity contribution in [1.82, 2.24) is 15.2 Å². The Kier molecular flexibility index (Phi) is 3.22. The molecule has 0 atom stereocenters. The molecule has 1 aromatic heterocycles. The predicted octanol–water partition coefficient (Wildman–Crippen LogP) is 2.78. The van der Waals surface area contributed by atoms with Crippen LogP contribution in [-0.2, 0) is 6.54 Å². The van der Waals surface area contributed by atoms with Gasteiger partial charge in [0.25, 0.3) is 5.91 Å². The summed E-state index contributed by atoms with van der Waals surface area (Å²) < 4.78 is 14.4. The Hall–Kier alpha value is -1.49. The van der Waals surface area contributed by atoms with E-state index in [4.69, 9.17) is 0 Å². The van der Waals surface area contributed by atoms with Gasteiger partial charge in [0.05, 0.1) is 23.8 Å². The molecule has 102 valence electrons. The molecule has 5 heteroatoms. The van der Waals surface area contributed by atoms with Crippen LogP contribution in [0.5, 0.6) is 0 Å². The molecule has 1 aliphatic carbocycles. The Balaban J connectivity index is 1.79. The number of fused-ring (bicyclic) bond motifs is 1. The summed E-state index contributed by atoms with van der Waals surface area (Å²) in [5.74, 6) is -0.265. The van der Waals surface area contributed by atoms with E-state index in [9.17, 15) is 9.28 Å². The minimum atomic E-state index is -0.265. The van der Waals surface area contributed by atoms with Crippen molar-refractivity contribution in [2.45, 2.75) is 51.6 Å². The number of aryl methyl sites for hydroxylation is 1. The van der Waals surface area contributed by atoms with Gasteiger partial charge >= 0.3 is 0 Å². The van der Waals surface area contributed by atoms with Crippen molar-refractivity contribution >= 4 is 5.91 Å². The zero-order chi connectivity index (χ0) is 13.4. The first-order valence-electron chi connectivity index (χ1n) is 6.89. The van der Waals surface area contributed by atoms with Crippen LogP contribution in [0.15, 0.2) is 12.3 Å². The van der Waals surface area contributed by atoms with E-state index in [1.165, 1.54) is 11.4 Å². The minimum absolute atomic E-state index is 0.159. The largest absolute Gasteiger partial charge is 0.272 e. The Morgan fingerprint density at radius 3 is 2.84 bits per heavy atom. The summed E-state index contributed by atoms with van der Waals surface area (Å²) >= 11 is 0. The van der Waals surface area contributed by atoms with Crippen LogP contribution in [0, 0.1) is 6.92 Å². The lowest BCUT2D eigenvalue weighted by atomic mass is 9.96. The van der Waals surface area contributed by atoms with Gasteiger partial charge in [-0.05, 0) is 36.6 Å². The van der Waals surface area contributed by atoms with Gasteiger partial charge < -0.3 is 0 Å². The number of halogens is 1. The number of carbonyl (C=O) groups excluding carboxylic acids is 1. The first kappa shape index (κ1) is 12.5. The number of hydrazine groups is 1. The monoisotopic (exact) mass is 263 g/mol. The summed E-state index contributed by atoms with van der Waals surface area (Å²) in [6.45, 7) is 2.14. The van der Waals surface area contributed by atoms with Crippen LogP contribution < -0.4 is 0 Å². The molecule has 0 radical (unpaired) electrons. The van der Waals surface area contributed by atoms with E-state index < -0.39 is 0 Å². The van der Waals surface area contributed by atoms with Crippen LogP contribution in [0.25, 0.3) is 0 Å². The molecular formula is C14H18FN3O. The molecule has 2 aliphatic rings. The maximum atomic E-state index is 14.4. The number of pyridine rings is 1. The van der Waals surface area contributed by atoms with Crippen LogP contribution in [0.3, 0.4) is 0 Å². The number of aromatic nitrogens is 1. The molecule has 1 aliphatic heterocycles. The van der Waals surface area contributed by atoms with Gasteiger partial charge in [0.2, 0.25) is 0 Å². The maximum absolute atomic E-state index is 14.4. The average molecular weight is 263 g/mol. The fourth-order valence-corrected chi connectivity index (χ4v) is 2.91. The molecule has 1 aromatic rings. The third-order valence-electron chi connectivity index (χ3n) is 3.98. The van der Waals surface area contributed by atoms with E-state index in [1.807, 2.05) is 6.92 Å². The van der Waals surface area contributed by atoms with Gasteiger partial charge in [0.15, 0.2) is 0 Å². The van der Waals surface area contributed by atoms with E-state index in [0.717, 1.165) is 31.2 Å². The van der Waals surface area contributed by atoms with Gasteiger partial charge in [-0.25, -0.2) is 5.01 Å². The fraction of sp³-hybridized carbons (Fsp3) is 0.571. The molecule has 0 saturated heterocycles. The zero-order valence-corrected chi connectivity index (χ0v) is 11.1. The lowest BCUT2D eigenvalue weighted by Gasteiger charge is -2.32. The highest BCUT2D eigenvalue weighted by molar-refractivity contribution is 5.97. The summed E-state index contributed by atoms with van der Waals surface area (Å²) in [5.41, 5.74) is 2.14. The lowest BCUT2D eigenvalue weighted by molar-refractivity contribution is -0.182. The Labute approximate surface area is 112 Å². The number of nitrogens with zero attached hydrogens (tertiary/aromatic N) is 3. The van der Waals surface area contributed by atoms with Gasteiger partial charge in [-0.1, -0.05) is 19.3 Å². The fourth-order valence-electron chi connectivity index (χ4n) is 2.91. The third kappa shape index (κ3) is 2.23. The molecule has 1 amide bonds. The van der Waals surface area contributed by atoms with Crippen LogP contribution in [-0.4, -0.2) is 27.2 Å². The van der Waals surface area contributed by atoms with Crippen molar-refractivity contribution in [3.05, 3.63) is 29.1 Å². The Bertz CT molecular complexity index is 499. The first-order valence-corrected chi connectivity index (χ1v) is 6.89. The van der Waals surface area contributed by atoms with Gasteiger partial charge in [-0.2, -0.15) is 0 Å². The summed E-state index contributed by atoms with van der Waals surface area (Å²) in [6.07, 6.45) is 6.61. The number of hydrogen-bond acceptors (Lipinski definition) is 3. The molecule has 0 N–H and O–H groups in total. The van der Waals surface area contributed by atoms with E-state index >= 15 is 0 Å². The van der Waals surface area contributed by atoms with Crippen LogP contribution in [0.2, 0.25) is 0 Å². The minimum Gasteiger partial charge on any atom is -0.267 e. The molecule has 3 rings (SSSR count). The highest BCUT2D eigenvalue weighted by Crippen LogP contribution is 2.29. The van der Waals surface area contributed by atoms with E-state index in [1.54, 1.807) is 12.3 Å². The van der Waals surface area contributed by atoms with E-state index in [0.29, 0.717) is 16.5 Å². The van der Waals surface area contributed by atoms with Gasteiger partial charge in [-0.15, -0.1) is 4.48 Å². The zero-order valence-electron chi connectivity index (χ0n) is 11.1. The number of hydrogen-bond donors (Lipinski definition) is 0. The molecule has 1 fully saturated rings. The third-order valence-corrected chi connectivity index (χ3v) is 3.98. The molecule has 0 aromatic carbocycles. The molecular weight excluding hydrogens is 245 g/mol. The molecule has 0 unspecified atom stereocenters. The van der Waals surface area contributed by atoms with E-state index in [2.05, 4.69) is 4.98 Å². The number of carbonyl (C=O) groups is 1. The van der Waals surface area contributed by atoms with Gasteiger partial charge in [-0.3, -0.25) is 9.78 Å². The van der Waals surface area contributed by atoms with Gasteiger partial charge in [0, 0.05) is 6.20 Å². The average Bonchev–Trinajstić information content (AvgIpc) is 2.76. The highest BCUT2D eigenvalue weighted by Gasteiger charge is 2.36. The standard InChI is InChI=1S/C14H18FN3O/c1-10-7-12-13(16-8-10)9-17(14(12)19)18(15)11-5-3-2-4-6-11/h7-8,11H,2-6,9H2,1H3. The van der Waals surface area contributed by atoms with Crippen molar-refractivity contribution in [1.29, 1.82) is 0 Å². The maximum Gasteiger partial charge on any atom is 0.272 e. The van der Waals surface area contributed by atoms with Crippen molar-refractivity contribution in [3.63, 3.8) is 0 Å². The van der Waals surface area contributed by atoms with Crippen molar-refractivity contribution < 1.29 is 9.28 Å². The summed E-state index contributed by atoms with van der Waals surface area (Å²) in [5, 5.41) is 1.85. The van der Waals surface area contributed by atoms with Crippen LogP contribution in [0.1, 0.15) is 53.7 Å². The second kappa shape index (κ2) is 4.89. The molecule has 0 spiro atoms. The summed E-state index contributed by atoms with van der Waals surface area (Å²) in [7, 11) is 0. The smallest absolute Gasteiger partial charge is 0.267 e. The predicted molar refractivity (Wildman–Crippen MR) is 68.7 cm³/mol.